The van der Waals surface area contributed by atoms with Gasteiger partial charge in [0.05, 0.1) is 30.4 Å². The van der Waals surface area contributed by atoms with Gasteiger partial charge in [-0.2, -0.15) is 13.2 Å². The summed E-state index contributed by atoms with van der Waals surface area (Å²) in [6.45, 7) is -1.72. The first-order chi connectivity index (χ1) is 14.1. The van der Waals surface area contributed by atoms with E-state index in [4.69, 9.17) is 4.74 Å². The molecule has 0 radical (unpaired) electrons. The monoisotopic (exact) mass is 428 g/mol. The quantitative estimate of drug-likeness (QED) is 0.387. The summed E-state index contributed by atoms with van der Waals surface area (Å²) in [5.41, 5.74) is -1.30. The molecule has 0 aromatic heterocycles. The first-order valence-electron chi connectivity index (χ1n) is 8.12. The van der Waals surface area contributed by atoms with Gasteiger partial charge in [0.25, 0.3) is 0 Å². The second-order valence-corrected chi connectivity index (χ2v) is 5.63. The van der Waals surface area contributed by atoms with Gasteiger partial charge in [0.15, 0.2) is 12.4 Å². The standard InChI is InChI=1S/C18H15F3N2O7/c1-28-16(24)12-5-3-4-8-22(15(12)17(25)29-2)11-6-7-14(13(9-11)23(26)27)30-10-18(19,20)21/h3-9H,10H2,1-2H3. The van der Waals surface area contributed by atoms with Gasteiger partial charge in [0.1, 0.15) is 5.70 Å². The largest absolute Gasteiger partial charge is 0.477 e. The lowest BCUT2D eigenvalue weighted by atomic mass is 10.1. The highest BCUT2D eigenvalue weighted by Gasteiger charge is 2.32. The summed E-state index contributed by atoms with van der Waals surface area (Å²) in [5.74, 6) is -2.44. The number of allylic oxidation sites excluding steroid dienone is 2. The number of benzene rings is 1. The number of ether oxygens (including phenoxy) is 3. The Bertz CT molecular complexity index is 952. The minimum atomic E-state index is -4.69. The number of esters is 2. The van der Waals surface area contributed by atoms with E-state index in [-0.39, 0.29) is 17.0 Å². The first-order valence-corrected chi connectivity index (χ1v) is 8.12. The third-order valence-electron chi connectivity index (χ3n) is 3.70. The highest BCUT2D eigenvalue weighted by molar-refractivity contribution is 6.05. The molecule has 1 aromatic carbocycles. The molecule has 0 spiro atoms. The van der Waals surface area contributed by atoms with Crippen LogP contribution in [0.1, 0.15) is 0 Å². The van der Waals surface area contributed by atoms with Gasteiger partial charge in [0, 0.05) is 12.3 Å². The summed E-state index contributed by atoms with van der Waals surface area (Å²) >= 11 is 0. The zero-order chi connectivity index (χ0) is 22.5. The van der Waals surface area contributed by atoms with Crippen molar-refractivity contribution in [2.45, 2.75) is 6.18 Å². The van der Waals surface area contributed by atoms with E-state index in [9.17, 15) is 32.9 Å². The van der Waals surface area contributed by atoms with Crippen molar-refractivity contribution in [1.29, 1.82) is 0 Å². The van der Waals surface area contributed by atoms with Gasteiger partial charge in [0.2, 0.25) is 0 Å². The van der Waals surface area contributed by atoms with Gasteiger partial charge in [-0.25, -0.2) is 9.59 Å². The van der Waals surface area contributed by atoms with Crippen LogP contribution in [0, 0.1) is 10.1 Å². The maximum atomic E-state index is 12.4. The second kappa shape index (κ2) is 9.11. The van der Waals surface area contributed by atoms with Gasteiger partial charge < -0.3 is 19.1 Å². The second-order valence-electron chi connectivity index (χ2n) is 5.63. The Morgan fingerprint density at radius 3 is 2.37 bits per heavy atom. The molecule has 12 heteroatoms. The van der Waals surface area contributed by atoms with E-state index in [2.05, 4.69) is 9.47 Å². The summed E-state index contributed by atoms with van der Waals surface area (Å²) < 4.78 is 51.1. The van der Waals surface area contributed by atoms with Crippen molar-refractivity contribution in [2.24, 2.45) is 0 Å². The van der Waals surface area contributed by atoms with E-state index in [1.54, 1.807) is 0 Å². The summed E-state index contributed by atoms with van der Waals surface area (Å²) in [5, 5.41) is 11.4. The first kappa shape index (κ1) is 22.5. The number of nitrogens with zero attached hydrogens (tertiary/aromatic N) is 2. The molecule has 9 nitrogen and oxygen atoms in total. The molecule has 2 rings (SSSR count). The maximum absolute atomic E-state index is 12.4. The SMILES string of the molecule is COC(=O)C1=C(C(=O)OC)N(c2ccc(OCC(F)(F)F)c([N+](=O)[O-])c2)C=CC=C1. The van der Waals surface area contributed by atoms with Crippen LogP contribution in [-0.4, -0.2) is 43.9 Å². The number of hydrogen-bond acceptors (Lipinski definition) is 8. The number of carbonyl (C=O) groups is 2. The van der Waals surface area contributed by atoms with Gasteiger partial charge >= 0.3 is 23.8 Å². The van der Waals surface area contributed by atoms with Crippen molar-refractivity contribution < 1.29 is 41.9 Å². The molecule has 1 aliphatic heterocycles. The summed E-state index contributed by atoms with van der Waals surface area (Å²) in [6.07, 6.45) is 0.753. The lowest BCUT2D eigenvalue weighted by Crippen LogP contribution is -2.27. The number of methoxy groups -OCH3 is 2. The minimum absolute atomic E-state index is 0.0113. The van der Waals surface area contributed by atoms with Crippen molar-refractivity contribution in [2.75, 3.05) is 25.7 Å². The normalized spacial score (nSPS) is 13.7. The molecule has 160 valence electrons. The average molecular weight is 428 g/mol. The third-order valence-corrected chi connectivity index (χ3v) is 3.70. The fourth-order valence-corrected chi connectivity index (χ4v) is 2.45. The molecule has 0 unspecified atom stereocenters. The van der Waals surface area contributed by atoms with Gasteiger partial charge in [-0.05, 0) is 24.3 Å². The van der Waals surface area contributed by atoms with Gasteiger partial charge in [-0.15, -0.1) is 0 Å². The third kappa shape index (κ3) is 5.16. The molecular weight excluding hydrogens is 413 g/mol. The van der Waals surface area contributed by atoms with Crippen LogP contribution in [0.4, 0.5) is 24.5 Å². The van der Waals surface area contributed by atoms with E-state index in [0.29, 0.717) is 0 Å². The Morgan fingerprint density at radius 1 is 1.13 bits per heavy atom. The van der Waals surface area contributed by atoms with E-state index in [1.807, 2.05) is 0 Å². The highest BCUT2D eigenvalue weighted by atomic mass is 19.4. The number of halogens is 3. The number of nitro groups is 1. The van der Waals surface area contributed by atoms with Crippen LogP contribution >= 0.6 is 0 Å². The molecule has 1 aromatic rings. The zero-order valence-corrected chi connectivity index (χ0v) is 15.6. The maximum Gasteiger partial charge on any atom is 0.422 e. The topological polar surface area (TPSA) is 108 Å². The van der Waals surface area contributed by atoms with Crippen molar-refractivity contribution in [3.63, 3.8) is 0 Å². The number of anilines is 1. The summed E-state index contributed by atoms with van der Waals surface area (Å²) in [6, 6.07) is 3.05. The van der Waals surface area contributed by atoms with Crippen LogP contribution in [0.25, 0.3) is 0 Å². The van der Waals surface area contributed by atoms with Crippen LogP contribution in [-0.2, 0) is 19.1 Å². The predicted molar refractivity (Wildman–Crippen MR) is 96.5 cm³/mol. The number of hydrogen-bond donors (Lipinski definition) is 0. The molecule has 0 saturated carbocycles. The smallest absolute Gasteiger partial charge is 0.422 e. The molecule has 1 heterocycles. The van der Waals surface area contributed by atoms with Crippen LogP contribution in [0.15, 0.2) is 53.9 Å². The Morgan fingerprint density at radius 2 is 1.80 bits per heavy atom. The molecule has 0 atom stereocenters. The highest BCUT2D eigenvalue weighted by Crippen LogP contribution is 2.35. The fraction of sp³-hybridized carbons (Fsp3) is 0.222. The zero-order valence-electron chi connectivity index (χ0n) is 15.6. The van der Waals surface area contributed by atoms with Crippen LogP contribution in [0.5, 0.6) is 5.75 Å². The van der Waals surface area contributed by atoms with E-state index in [1.165, 1.54) is 30.5 Å². The number of alkyl halides is 3. The Balaban J connectivity index is 2.59. The Labute approximate surface area is 167 Å². The number of carbonyl (C=O) groups excluding carboxylic acids is 2. The predicted octanol–water partition coefficient (Wildman–Crippen LogP) is 3.03. The fourth-order valence-electron chi connectivity index (χ4n) is 2.45. The summed E-state index contributed by atoms with van der Waals surface area (Å²) in [7, 11) is 2.16. The van der Waals surface area contributed by atoms with Crippen LogP contribution < -0.4 is 9.64 Å². The van der Waals surface area contributed by atoms with Crippen LogP contribution in [0.3, 0.4) is 0 Å². The summed E-state index contributed by atoms with van der Waals surface area (Å²) in [4.78, 5) is 36.0. The molecule has 0 N–H and O–H groups in total. The van der Waals surface area contributed by atoms with Crippen molar-refractivity contribution in [1.82, 2.24) is 0 Å². The minimum Gasteiger partial charge on any atom is -0.477 e. The molecule has 0 bridgehead atoms. The molecule has 30 heavy (non-hydrogen) atoms. The lowest BCUT2D eigenvalue weighted by molar-refractivity contribution is -0.386. The number of nitro benzene ring substituents is 1. The Kier molecular flexibility index (Phi) is 6.82. The van der Waals surface area contributed by atoms with E-state index >= 15 is 0 Å². The Hall–Kier alpha value is -3.83. The van der Waals surface area contributed by atoms with Crippen molar-refractivity contribution in [3.8, 4) is 5.75 Å². The lowest BCUT2D eigenvalue weighted by Gasteiger charge is -2.23. The van der Waals surface area contributed by atoms with Gasteiger partial charge in [-0.1, -0.05) is 6.08 Å². The molecule has 0 aliphatic carbocycles. The van der Waals surface area contributed by atoms with Crippen molar-refractivity contribution in [3.05, 3.63) is 64.0 Å². The molecular formula is C18H15F3N2O7. The van der Waals surface area contributed by atoms with E-state index < -0.39 is 41.1 Å². The van der Waals surface area contributed by atoms with E-state index in [0.717, 1.165) is 31.3 Å². The number of rotatable bonds is 6. The molecule has 0 fully saturated rings. The van der Waals surface area contributed by atoms with Crippen LogP contribution in [0.2, 0.25) is 0 Å². The molecule has 1 aliphatic rings. The molecule has 0 amide bonds. The average Bonchev–Trinajstić information content (AvgIpc) is 2.93. The van der Waals surface area contributed by atoms with Crippen molar-refractivity contribution >= 4 is 23.3 Å². The van der Waals surface area contributed by atoms with Gasteiger partial charge in [-0.3, -0.25) is 10.1 Å². The molecule has 0 saturated heterocycles.